The van der Waals surface area contributed by atoms with Crippen molar-refractivity contribution in [3.63, 3.8) is 0 Å². The van der Waals surface area contributed by atoms with Crippen molar-refractivity contribution < 1.29 is 4.79 Å². The summed E-state index contributed by atoms with van der Waals surface area (Å²) in [5.74, 6) is -0.113. The second-order valence-electron chi connectivity index (χ2n) is 3.05. The molecule has 1 aromatic rings. The molecule has 0 bridgehead atoms. The molecule has 0 radical (unpaired) electrons. The lowest BCUT2D eigenvalue weighted by atomic mass is 10.2. The van der Waals surface area contributed by atoms with Crippen molar-refractivity contribution in [1.82, 2.24) is 9.88 Å². The summed E-state index contributed by atoms with van der Waals surface area (Å²) in [5, 5.41) is 8.84. The molecule has 0 N–H and O–H groups in total. The number of carbonyl (C=O) groups is 1. The Balaban J connectivity index is 3.31. The number of hydrogen-bond acceptors (Lipinski definition) is 4. The number of nitrogens with zero attached hydrogens (tertiary/aromatic N) is 3. The van der Waals surface area contributed by atoms with Gasteiger partial charge in [-0.3, -0.25) is 4.79 Å². The molecule has 0 aliphatic heterocycles. The van der Waals surface area contributed by atoms with Crippen molar-refractivity contribution in [1.29, 1.82) is 5.26 Å². The molecular weight excluding hydrogens is 210 g/mol. The summed E-state index contributed by atoms with van der Waals surface area (Å²) >= 11 is 1.36. The Morgan fingerprint density at radius 1 is 1.60 bits per heavy atom. The average molecular weight is 221 g/mol. The van der Waals surface area contributed by atoms with Crippen LogP contribution in [0.1, 0.15) is 16.1 Å². The van der Waals surface area contributed by atoms with Gasteiger partial charge in [-0.2, -0.15) is 5.26 Å². The lowest BCUT2D eigenvalue weighted by molar-refractivity contribution is 0.0824. The van der Waals surface area contributed by atoms with Gasteiger partial charge in [-0.1, -0.05) is 0 Å². The summed E-state index contributed by atoms with van der Waals surface area (Å²) < 4.78 is 0. The minimum Gasteiger partial charge on any atom is -0.345 e. The number of amides is 1. The SMILES string of the molecule is CSc1c(C(=O)N(C)C)ccnc1C#N. The molecule has 78 valence electrons. The van der Waals surface area contributed by atoms with Crippen LogP contribution in [-0.4, -0.2) is 36.1 Å². The molecule has 0 atom stereocenters. The third-order valence-electron chi connectivity index (χ3n) is 1.85. The van der Waals surface area contributed by atoms with E-state index in [2.05, 4.69) is 4.98 Å². The monoisotopic (exact) mass is 221 g/mol. The second kappa shape index (κ2) is 4.80. The second-order valence-corrected chi connectivity index (χ2v) is 3.87. The number of pyridine rings is 1. The van der Waals surface area contributed by atoms with Crippen molar-refractivity contribution in [3.8, 4) is 6.07 Å². The van der Waals surface area contributed by atoms with Gasteiger partial charge in [0, 0.05) is 20.3 Å². The zero-order valence-electron chi connectivity index (χ0n) is 8.81. The largest absolute Gasteiger partial charge is 0.345 e. The Morgan fingerprint density at radius 2 is 2.27 bits per heavy atom. The molecule has 0 aromatic carbocycles. The molecule has 1 rings (SSSR count). The molecular formula is C10H11N3OS. The highest BCUT2D eigenvalue weighted by molar-refractivity contribution is 7.98. The molecule has 0 unspecified atom stereocenters. The zero-order valence-corrected chi connectivity index (χ0v) is 9.63. The van der Waals surface area contributed by atoms with Crippen LogP contribution in [-0.2, 0) is 0 Å². The maximum atomic E-state index is 11.8. The fraction of sp³-hybridized carbons (Fsp3) is 0.300. The summed E-state index contributed by atoms with van der Waals surface area (Å²) in [7, 11) is 3.36. The summed E-state index contributed by atoms with van der Waals surface area (Å²) in [4.78, 5) is 17.8. The van der Waals surface area contributed by atoms with E-state index in [-0.39, 0.29) is 5.91 Å². The van der Waals surface area contributed by atoms with Crippen molar-refractivity contribution in [2.24, 2.45) is 0 Å². The van der Waals surface area contributed by atoms with E-state index < -0.39 is 0 Å². The van der Waals surface area contributed by atoms with E-state index in [1.807, 2.05) is 12.3 Å². The topological polar surface area (TPSA) is 57.0 Å². The first-order valence-electron chi connectivity index (χ1n) is 4.26. The highest BCUT2D eigenvalue weighted by Crippen LogP contribution is 2.23. The molecule has 0 aliphatic carbocycles. The molecule has 15 heavy (non-hydrogen) atoms. The highest BCUT2D eigenvalue weighted by Gasteiger charge is 2.16. The normalized spacial score (nSPS) is 9.47. The summed E-state index contributed by atoms with van der Waals surface area (Å²) in [5.41, 5.74) is 0.828. The van der Waals surface area contributed by atoms with Crippen LogP contribution >= 0.6 is 11.8 Å². The van der Waals surface area contributed by atoms with E-state index in [0.717, 1.165) is 0 Å². The van der Waals surface area contributed by atoms with E-state index in [1.54, 1.807) is 20.2 Å². The van der Waals surface area contributed by atoms with Gasteiger partial charge in [-0.05, 0) is 12.3 Å². The van der Waals surface area contributed by atoms with Crippen LogP contribution in [0.5, 0.6) is 0 Å². The lowest BCUT2D eigenvalue weighted by Gasteiger charge is -2.13. The fourth-order valence-electron chi connectivity index (χ4n) is 1.14. The van der Waals surface area contributed by atoms with Crippen molar-refractivity contribution >= 4 is 17.7 Å². The van der Waals surface area contributed by atoms with E-state index in [1.165, 1.54) is 22.9 Å². The molecule has 0 saturated heterocycles. The first-order chi connectivity index (χ1) is 7.11. The van der Waals surface area contributed by atoms with Crippen molar-refractivity contribution in [3.05, 3.63) is 23.5 Å². The Hall–Kier alpha value is -1.54. The number of rotatable bonds is 2. The first kappa shape index (κ1) is 11.5. The third-order valence-corrected chi connectivity index (χ3v) is 2.67. The molecule has 1 aromatic heterocycles. The smallest absolute Gasteiger partial charge is 0.254 e. The molecule has 5 heteroatoms. The summed E-state index contributed by atoms with van der Waals surface area (Å²) in [6.45, 7) is 0. The van der Waals surface area contributed by atoms with Gasteiger partial charge in [-0.25, -0.2) is 4.98 Å². The van der Waals surface area contributed by atoms with E-state index >= 15 is 0 Å². The van der Waals surface area contributed by atoms with Gasteiger partial charge in [0.1, 0.15) is 6.07 Å². The predicted molar refractivity (Wildman–Crippen MR) is 58.8 cm³/mol. The van der Waals surface area contributed by atoms with Gasteiger partial charge in [0.2, 0.25) is 0 Å². The molecule has 0 spiro atoms. The van der Waals surface area contributed by atoms with Crippen LogP contribution in [0.3, 0.4) is 0 Å². The third kappa shape index (κ3) is 2.28. The Morgan fingerprint density at radius 3 is 2.73 bits per heavy atom. The van der Waals surface area contributed by atoms with Gasteiger partial charge in [0.25, 0.3) is 5.91 Å². The van der Waals surface area contributed by atoms with Gasteiger partial charge < -0.3 is 4.90 Å². The summed E-state index contributed by atoms with van der Waals surface area (Å²) in [6, 6.07) is 3.61. The predicted octanol–water partition coefficient (Wildman–Crippen LogP) is 1.38. The van der Waals surface area contributed by atoms with Gasteiger partial charge in [-0.15, -0.1) is 11.8 Å². The number of thioether (sulfide) groups is 1. The molecule has 1 amide bonds. The quantitative estimate of drug-likeness (QED) is 0.708. The van der Waals surface area contributed by atoms with Crippen LogP contribution in [0, 0.1) is 11.3 Å². The number of nitriles is 1. The molecule has 0 fully saturated rings. The average Bonchev–Trinajstić information content (AvgIpc) is 2.26. The highest BCUT2D eigenvalue weighted by atomic mass is 32.2. The number of hydrogen-bond donors (Lipinski definition) is 0. The van der Waals surface area contributed by atoms with Crippen LogP contribution < -0.4 is 0 Å². The minimum absolute atomic E-state index is 0.113. The fourth-order valence-corrected chi connectivity index (χ4v) is 1.81. The Labute approximate surface area is 92.9 Å². The van der Waals surface area contributed by atoms with E-state index in [9.17, 15) is 4.79 Å². The van der Waals surface area contributed by atoms with Crippen molar-refractivity contribution in [2.45, 2.75) is 4.90 Å². The summed E-state index contributed by atoms with van der Waals surface area (Å²) in [6.07, 6.45) is 3.30. The maximum absolute atomic E-state index is 11.8. The first-order valence-corrected chi connectivity index (χ1v) is 5.49. The van der Waals surface area contributed by atoms with Gasteiger partial charge in [0.05, 0.1) is 10.5 Å². The van der Waals surface area contributed by atoms with Crippen LogP contribution in [0.15, 0.2) is 17.2 Å². The number of carbonyl (C=O) groups excluding carboxylic acids is 1. The van der Waals surface area contributed by atoms with Crippen LogP contribution in [0.25, 0.3) is 0 Å². The van der Waals surface area contributed by atoms with E-state index in [4.69, 9.17) is 5.26 Å². The van der Waals surface area contributed by atoms with Gasteiger partial charge in [0.15, 0.2) is 5.69 Å². The van der Waals surface area contributed by atoms with Crippen LogP contribution in [0.2, 0.25) is 0 Å². The minimum atomic E-state index is -0.113. The standard InChI is InChI=1S/C10H11N3OS/c1-13(2)10(14)7-4-5-12-8(6-11)9(7)15-3/h4-5H,1-3H3. The zero-order chi connectivity index (χ0) is 11.4. The maximum Gasteiger partial charge on any atom is 0.254 e. The Kier molecular flexibility index (Phi) is 3.69. The molecule has 1 heterocycles. The molecule has 4 nitrogen and oxygen atoms in total. The van der Waals surface area contributed by atoms with E-state index in [0.29, 0.717) is 16.2 Å². The molecule has 0 aliphatic rings. The number of aromatic nitrogens is 1. The van der Waals surface area contributed by atoms with Crippen LogP contribution in [0.4, 0.5) is 0 Å². The van der Waals surface area contributed by atoms with Crippen molar-refractivity contribution in [2.75, 3.05) is 20.4 Å². The molecule has 0 saturated carbocycles. The Bertz CT molecular complexity index is 423. The lowest BCUT2D eigenvalue weighted by Crippen LogP contribution is -2.22. The van der Waals surface area contributed by atoms with Gasteiger partial charge >= 0.3 is 0 Å².